The predicted molar refractivity (Wildman–Crippen MR) is 87.4 cm³/mol. The van der Waals surface area contributed by atoms with Crippen molar-refractivity contribution in [3.63, 3.8) is 0 Å². The van der Waals surface area contributed by atoms with Crippen LogP contribution in [0.5, 0.6) is 0 Å². The van der Waals surface area contributed by atoms with Crippen LogP contribution < -0.4 is 5.32 Å². The van der Waals surface area contributed by atoms with Crippen LogP contribution in [-0.4, -0.2) is 33.3 Å². The second-order valence-corrected chi connectivity index (χ2v) is 5.87. The van der Waals surface area contributed by atoms with Crippen LogP contribution in [0.15, 0.2) is 30.5 Å². The molecule has 0 spiro atoms. The first-order valence-corrected chi connectivity index (χ1v) is 7.54. The SMILES string of the molecule is CC(CNC(=O)c1cn(C)nc1-c1ccccc1Cl)CC(=O)O. The molecular weight excluding hydrogens is 318 g/mol. The summed E-state index contributed by atoms with van der Waals surface area (Å²) in [7, 11) is 1.73. The lowest BCUT2D eigenvalue weighted by molar-refractivity contribution is -0.137. The van der Waals surface area contributed by atoms with E-state index in [9.17, 15) is 9.59 Å². The number of carbonyl (C=O) groups excluding carboxylic acids is 1. The second kappa shape index (κ2) is 7.28. The highest BCUT2D eigenvalue weighted by molar-refractivity contribution is 6.33. The van der Waals surface area contributed by atoms with Crippen molar-refractivity contribution in [1.82, 2.24) is 15.1 Å². The fraction of sp³-hybridized carbons (Fsp3) is 0.312. The first kappa shape index (κ1) is 17.0. The van der Waals surface area contributed by atoms with Crippen LogP contribution in [0, 0.1) is 5.92 Å². The molecule has 1 atom stereocenters. The average molecular weight is 336 g/mol. The number of rotatable bonds is 6. The van der Waals surface area contributed by atoms with Gasteiger partial charge in [-0.05, 0) is 12.0 Å². The zero-order valence-corrected chi connectivity index (χ0v) is 13.7. The highest BCUT2D eigenvalue weighted by atomic mass is 35.5. The monoisotopic (exact) mass is 335 g/mol. The highest BCUT2D eigenvalue weighted by Gasteiger charge is 2.19. The van der Waals surface area contributed by atoms with Crippen molar-refractivity contribution in [3.8, 4) is 11.3 Å². The van der Waals surface area contributed by atoms with Crippen molar-refractivity contribution in [3.05, 3.63) is 41.0 Å². The van der Waals surface area contributed by atoms with Crippen molar-refractivity contribution in [2.45, 2.75) is 13.3 Å². The summed E-state index contributed by atoms with van der Waals surface area (Å²) in [5.41, 5.74) is 1.59. The van der Waals surface area contributed by atoms with Gasteiger partial charge in [0.2, 0.25) is 0 Å². The van der Waals surface area contributed by atoms with Crippen LogP contribution in [-0.2, 0) is 11.8 Å². The molecule has 2 rings (SSSR count). The van der Waals surface area contributed by atoms with Crippen LogP contribution in [0.2, 0.25) is 5.02 Å². The summed E-state index contributed by atoms with van der Waals surface area (Å²) in [6.45, 7) is 2.05. The Hall–Kier alpha value is -2.34. The molecule has 1 unspecified atom stereocenters. The van der Waals surface area contributed by atoms with E-state index >= 15 is 0 Å². The lowest BCUT2D eigenvalue weighted by atomic mass is 10.1. The number of aromatic nitrogens is 2. The van der Waals surface area contributed by atoms with Crippen molar-refractivity contribution in [2.75, 3.05) is 6.54 Å². The van der Waals surface area contributed by atoms with E-state index in [1.165, 1.54) is 0 Å². The van der Waals surface area contributed by atoms with E-state index in [0.717, 1.165) is 0 Å². The largest absolute Gasteiger partial charge is 0.481 e. The topological polar surface area (TPSA) is 84.2 Å². The molecule has 1 aromatic carbocycles. The van der Waals surface area contributed by atoms with E-state index in [0.29, 0.717) is 21.8 Å². The van der Waals surface area contributed by atoms with Gasteiger partial charge in [0.25, 0.3) is 5.91 Å². The fourth-order valence-electron chi connectivity index (χ4n) is 2.24. The summed E-state index contributed by atoms with van der Waals surface area (Å²) in [5, 5.41) is 16.3. The summed E-state index contributed by atoms with van der Waals surface area (Å²) >= 11 is 6.18. The normalized spacial score (nSPS) is 12.0. The maximum absolute atomic E-state index is 12.4. The van der Waals surface area contributed by atoms with Gasteiger partial charge >= 0.3 is 5.97 Å². The summed E-state index contributed by atoms with van der Waals surface area (Å²) in [6, 6.07) is 7.17. The van der Waals surface area contributed by atoms with Crippen LogP contribution in [0.25, 0.3) is 11.3 Å². The zero-order chi connectivity index (χ0) is 17.0. The van der Waals surface area contributed by atoms with Gasteiger partial charge in [0, 0.05) is 31.8 Å². The number of carboxylic acids is 1. The third-order valence-electron chi connectivity index (χ3n) is 3.34. The van der Waals surface area contributed by atoms with Gasteiger partial charge in [-0.1, -0.05) is 36.7 Å². The number of hydrogen-bond acceptors (Lipinski definition) is 3. The number of aliphatic carboxylic acids is 1. The van der Waals surface area contributed by atoms with E-state index in [2.05, 4.69) is 10.4 Å². The molecule has 2 aromatic rings. The molecule has 6 nitrogen and oxygen atoms in total. The molecule has 0 fully saturated rings. The molecule has 0 aliphatic carbocycles. The average Bonchev–Trinajstić information content (AvgIpc) is 2.86. The Morgan fingerprint density at radius 2 is 2.09 bits per heavy atom. The van der Waals surface area contributed by atoms with Crippen molar-refractivity contribution in [1.29, 1.82) is 0 Å². The van der Waals surface area contributed by atoms with Crippen LogP contribution in [0.1, 0.15) is 23.7 Å². The quantitative estimate of drug-likeness (QED) is 0.849. The number of aryl methyl sites for hydroxylation is 1. The fourth-order valence-corrected chi connectivity index (χ4v) is 2.46. The number of halogens is 1. The van der Waals surface area contributed by atoms with Crippen molar-refractivity contribution < 1.29 is 14.7 Å². The predicted octanol–water partition coefficient (Wildman–Crippen LogP) is 2.58. The Labute approximate surface area is 139 Å². The second-order valence-electron chi connectivity index (χ2n) is 5.46. The standard InChI is InChI=1S/C16H18ClN3O3/c1-10(7-14(21)22)8-18-16(23)12-9-20(2)19-15(12)11-5-3-4-6-13(11)17/h3-6,9-10H,7-8H2,1-2H3,(H,18,23)(H,21,22). The lowest BCUT2D eigenvalue weighted by Gasteiger charge is -2.10. The molecular formula is C16H18ClN3O3. The van der Waals surface area contributed by atoms with E-state index < -0.39 is 5.97 Å². The first-order valence-electron chi connectivity index (χ1n) is 7.17. The first-order chi connectivity index (χ1) is 10.9. The molecule has 0 bridgehead atoms. The Bertz CT molecular complexity index is 727. The Morgan fingerprint density at radius 1 is 1.39 bits per heavy atom. The number of nitrogens with one attached hydrogen (secondary N) is 1. The molecule has 122 valence electrons. The van der Waals surface area contributed by atoms with Gasteiger partial charge in [-0.15, -0.1) is 0 Å². The summed E-state index contributed by atoms with van der Waals surface area (Å²) in [4.78, 5) is 23.1. The van der Waals surface area contributed by atoms with Gasteiger partial charge in [0.15, 0.2) is 0 Å². The highest BCUT2D eigenvalue weighted by Crippen LogP contribution is 2.28. The van der Waals surface area contributed by atoms with Crippen molar-refractivity contribution in [2.24, 2.45) is 13.0 Å². The molecule has 0 radical (unpaired) electrons. The van der Waals surface area contributed by atoms with Gasteiger partial charge in [0.1, 0.15) is 5.69 Å². The zero-order valence-electron chi connectivity index (χ0n) is 12.9. The molecule has 2 N–H and O–H groups in total. The Kier molecular flexibility index (Phi) is 5.39. The maximum Gasteiger partial charge on any atom is 0.303 e. The molecule has 0 aliphatic heterocycles. The van der Waals surface area contributed by atoms with E-state index in [1.54, 1.807) is 37.0 Å². The summed E-state index contributed by atoms with van der Waals surface area (Å²) in [5.74, 6) is -1.34. The number of carboxylic acid groups (broad SMARTS) is 1. The minimum Gasteiger partial charge on any atom is -0.481 e. The van der Waals surface area contributed by atoms with Crippen LogP contribution in [0.3, 0.4) is 0 Å². The van der Waals surface area contributed by atoms with Crippen LogP contribution >= 0.6 is 11.6 Å². The number of amides is 1. The maximum atomic E-state index is 12.4. The number of benzene rings is 1. The number of hydrogen-bond donors (Lipinski definition) is 2. The molecule has 1 heterocycles. The number of nitrogens with zero attached hydrogens (tertiary/aromatic N) is 2. The van der Waals surface area contributed by atoms with Crippen LogP contribution in [0.4, 0.5) is 0 Å². The molecule has 7 heteroatoms. The van der Waals surface area contributed by atoms with Crippen molar-refractivity contribution >= 4 is 23.5 Å². The van der Waals surface area contributed by atoms with Gasteiger partial charge in [-0.2, -0.15) is 5.10 Å². The van der Waals surface area contributed by atoms with E-state index in [-0.39, 0.29) is 24.8 Å². The molecule has 0 saturated heterocycles. The Morgan fingerprint density at radius 3 is 2.74 bits per heavy atom. The van der Waals surface area contributed by atoms with Gasteiger partial charge in [-0.3, -0.25) is 14.3 Å². The van der Waals surface area contributed by atoms with Gasteiger partial charge < -0.3 is 10.4 Å². The minimum atomic E-state index is -0.884. The van der Waals surface area contributed by atoms with Gasteiger partial charge in [-0.25, -0.2) is 0 Å². The number of carbonyl (C=O) groups is 2. The van der Waals surface area contributed by atoms with Gasteiger partial charge in [0.05, 0.1) is 10.6 Å². The summed E-state index contributed by atoms with van der Waals surface area (Å²) in [6.07, 6.45) is 1.63. The molecule has 23 heavy (non-hydrogen) atoms. The molecule has 0 saturated carbocycles. The van der Waals surface area contributed by atoms with E-state index in [1.807, 2.05) is 12.1 Å². The smallest absolute Gasteiger partial charge is 0.303 e. The van der Waals surface area contributed by atoms with E-state index in [4.69, 9.17) is 16.7 Å². The lowest BCUT2D eigenvalue weighted by Crippen LogP contribution is -2.29. The third kappa shape index (κ3) is 4.32. The minimum absolute atomic E-state index is 0.00465. The Balaban J connectivity index is 2.19. The molecule has 1 amide bonds. The molecule has 1 aromatic heterocycles. The third-order valence-corrected chi connectivity index (χ3v) is 3.67. The summed E-state index contributed by atoms with van der Waals surface area (Å²) < 4.78 is 1.55. The molecule has 0 aliphatic rings.